The van der Waals surface area contributed by atoms with Crippen LogP contribution in [0.4, 0.5) is 10.5 Å². The maximum Gasteiger partial charge on any atom is 0.328 e. The van der Waals surface area contributed by atoms with Gasteiger partial charge in [-0.05, 0) is 18.2 Å². The van der Waals surface area contributed by atoms with Gasteiger partial charge in [-0.3, -0.25) is 25.1 Å². The maximum absolute atomic E-state index is 11.6. The summed E-state index contributed by atoms with van der Waals surface area (Å²) in [5.41, 5.74) is 0.0336. The maximum atomic E-state index is 11.6. The number of likely N-dealkylation sites (N-methyl/N-ethyl adjacent to an activating group) is 1. The molecule has 3 amide bonds. The molecule has 1 N–H and O–H groups in total. The van der Waals surface area contributed by atoms with E-state index in [1.165, 1.54) is 38.4 Å². The largest absolute Gasteiger partial charge is 0.497 e. The first kappa shape index (κ1) is 13.5. The molecule has 0 radical (unpaired) electrons. The summed E-state index contributed by atoms with van der Waals surface area (Å²) in [6.45, 7) is 0. The lowest BCUT2D eigenvalue weighted by Gasteiger charge is -2.07. The smallest absolute Gasteiger partial charge is 0.328 e. The van der Waals surface area contributed by atoms with Gasteiger partial charge >= 0.3 is 6.03 Å². The Morgan fingerprint density at radius 3 is 2.60 bits per heavy atom. The molecule has 0 atom stereocenters. The van der Waals surface area contributed by atoms with Gasteiger partial charge in [0.25, 0.3) is 11.6 Å². The minimum absolute atomic E-state index is 0.0337. The van der Waals surface area contributed by atoms with E-state index in [4.69, 9.17) is 4.74 Å². The summed E-state index contributed by atoms with van der Waals surface area (Å²) >= 11 is 0. The number of imide groups is 1. The van der Waals surface area contributed by atoms with Crippen LogP contribution in [0, 0.1) is 10.1 Å². The van der Waals surface area contributed by atoms with Gasteiger partial charge in [-0.25, -0.2) is 4.79 Å². The summed E-state index contributed by atoms with van der Waals surface area (Å²) in [5, 5.41) is 13.1. The van der Waals surface area contributed by atoms with Gasteiger partial charge in [0.05, 0.1) is 17.6 Å². The van der Waals surface area contributed by atoms with Crippen molar-refractivity contribution in [1.29, 1.82) is 0 Å². The second kappa shape index (κ2) is 5.00. The first-order valence-corrected chi connectivity index (χ1v) is 5.57. The van der Waals surface area contributed by atoms with Crippen molar-refractivity contribution >= 4 is 23.7 Å². The van der Waals surface area contributed by atoms with Crippen molar-refractivity contribution in [2.45, 2.75) is 0 Å². The Labute approximate surface area is 113 Å². The summed E-state index contributed by atoms with van der Waals surface area (Å²) in [6.07, 6.45) is 1.28. The van der Waals surface area contributed by atoms with E-state index in [1.807, 2.05) is 0 Å². The molecule has 8 heteroatoms. The molecule has 0 aromatic heterocycles. The van der Waals surface area contributed by atoms with Crippen molar-refractivity contribution < 1.29 is 19.2 Å². The Balaban J connectivity index is 2.54. The number of hydrogen-bond donors (Lipinski definition) is 1. The second-order valence-electron chi connectivity index (χ2n) is 4.03. The third-order valence-corrected chi connectivity index (χ3v) is 2.84. The van der Waals surface area contributed by atoms with Gasteiger partial charge in [-0.15, -0.1) is 0 Å². The standard InChI is InChI=1S/C12H11N3O5/c1-14-10(11(16)13-12(14)17)6-7-5-8(20-2)3-4-9(7)15(18)19/h3-6H,1-2H3,(H,13,16,17)/b10-6-. The van der Waals surface area contributed by atoms with E-state index < -0.39 is 16.9 Å². The lowest BCUT2D eigenvalue weighted by molar-refractivity contribution is -0.385. The normalized spacial score (nSPS) is 16.5. The second-order valence-corrected chi connectivity index (χ2v) is 4.03. The number of nitrogens with one attached hydrogen (secondary N) is 1. The van der Waals surface area contributed by atoms with Crippen LogP contribution < -0.4 is 10.1 Å². The summed E-state index contributed by atoms with van der Waals surface area (Å²) in [6, 6.07) is 3.57. The van der Waals surface area contributed by atoms with Crippen molar-refractivity contribution in [2.24, 2.45) is 0 Å². The predicted octanol–water partition coefficient (Wildman–Crippen LogP) is 1.13. The number of amides is 3. The molecule has 1 heterocycles. The van der Waals surface area contributed by atoms with E-state index in [1.54, 1.807) is 0 Å². The topological polar surface area (TPSA) is 102 Å². The molecule has 1 aromatic rings. The van der Waals surface area contributed by atoms with E-state index in [-0.39, 0.29) is 16.9 Å². The fourth-order valence-electron chi connectivity index (χ4n) is 1.76. The van der Waals surface area contributed by atoms with Crippen LogP contribution >= 0.6 is 0 Å². The van der Waals surface area contributed by atoms with Crippen LogP contribution in [0.15, 0.2) is 23.9 Å². The number of nitro groups is 1. The molecule has 0 bridgehead atoms. The Morgan fingerprint density at radius 2 is 2.10 bits per heavy atom. The van der Waals surface area contributed by atoms with E-state index in [0.29, 0.717) is 5.75 Å². The summed E-state index contributed by atoms with van der Waals surface area (Å²) < 4.78 is 5.00. The van der Waals surface area contributed by atoms with Gasteiger partial charge < -0.3 is 4.74 Å². The molecule has 0 aliphatic carbocycles. The fraction of sp³-hybridized carbons (Fsp3) is 0.167. The number of ether oxygens (including phenoxy) is 1. The number of nitro benzene ring substituents is 1. The van der Waals surface area contributed by atoms with Gasteiger partial charge in [0.1, 0.15) is 11.4 Å². The summed E-state index contributed by atoms with van der Waals surface area (Å²) in [4.78, 5) is 34.4. The number of urea groups is 1. The predicted molar refractivity (Wildman–Crippen MR) is 68.9 cm³/mol. The van der Waals surface area contributed by atoms with Crippen molar-refractivity contribution in [1.82, 2.24) is 10.2 Å². The van der Waals surface area contributed by atoms with Crippen LogP contribution in [-0.4, -0.2) is 35.9 Å². The average Bonchev–Trinajstić information content (AvgIpc) is 2.65. The minimum atomic E-state index is -0.602. The lowest BCUT2D eigenvalue weighted by atomic mass is 10.1. The Hall–Kier alpha value is -2.90. The van der Waals surface area contributed by atoms with Gasteiger partial charge in [0.2, 0.25) is 0 Å². The highest BCUT2D eigenvalue weighted by Crippen LogP contribution is 2.27. The first-order valence-electron chi connectivity index (χ1n) is 5.57. The number of nitrogens with zero attached hydrogens (tertiary/aromatic N) is 2. The Kier molecular flexibility index (Phi) is 3.38. The highest BCUT2D eigenvalue weighted by atomic mass is 16.6. The van der Waals surface area contributed by atoms with Crippen LogP contribution in [0.5, 0.6) is 5.75 Å². The van der Waals surface area contributed by atoms with E-state index in [2.05, 4.69) is 5.32 Å². The van der Waals surface area contributed by atoms with Crippen LogP contribution in [0.2, 0.25) is 0 Å². The van der Waals surface area contributed by atoms with Gasteiger partial charge in [-0.2, -0.15) is 0 Å². The number of methoxy groups -OCH3 is 1. The van der Waals surface area contributed by atoms with E-state index in [0.717, 1.165) is 4.90 Å². The lowest BCUT2D eigenvalue weighted by Crippen LogP contribution is -2.24. The van der Waals surface area contributed by atoms with Gasteiger partial charge in [-0.1, -0.05) is 0 Å². The van der Waals surface area contributed by atoms with E-state index >= 15 is 0 Å². The molecule has 1 aliphatic heterocycles. The summed E-state index contributed by atoms with van der Waals surface area (Å²) in [7, 11) is 2.83. The number of carbonyl (C=O) groups excluding carboxylic acids is 2. The van der Waals surface area contributed by atoms with Crippen LogP contribution in [0.1, 0.15) is 5.56 Å². The molecule has 104 valence electrons. The van der Waals surface area contributed by atoms with Crippen LogP contribution in [0.25, 0.3) is 6.08 Å². The quantitative estimate of drug-likeness (QED) is 0.386. The number of rotatable bonds is 3. The first-order chi connectivity index (χ1) is 9.43. The van der Waals surface area contributed by atoms with E-state index in [9.17, 15) is 19.7 Å². The minimum Gasteiger partial charge on any atom is -0.497 e. The average molecular weight is 277 g/mol. The summed E-state index contributed by atoms with van der Waals surface area (Å²) in [5.74, 6) is -0.190. The highest BCUT2D eigenvalue weighted by molar-refractivity contribution is 6.14. The fourth-order valence-corrected chi connectivity index (χ4v) is 1.76. The zero-order chi connectivity index (χ0) is 14.9. The molecule has 8 nitrogen and oxygen atoms in total. The molecule has 2 rings (SSSR count). The van der Waals surface area contributed by atoms with Crippen molar-refractivity contribution in [3.05, 3.63) is 39.6 Å². The van der Waals surface area contributed by atoms with Gasteiger partial charge in [0, 0.05) is 13.1 Å². The zero-order valence-electron chi connectivity index (χ0n) is 10.7. The number of benzene rings is 1. The molecule has 0 spiro atoms. The highest BCUT2D eigenvalue weighted by Gasteiger charge is 2.30. The van der Waals surface area contributed by atoms with Crippen molar-refractivity contribution in [3.8, 4) is 5.75 Å². The van der Waals surface area contributed by atoms with Crippen LogP contribution in [0.3, 0.4) is 0 Å². The molecule has 0 saturated carbocycles. The molecule has 0 unspecified atom stereocenters. The number of hydrogen-bond acceptors (Lipinski definition) is 5. The monoisotopic (exact) mass is 277 g/mol. The SMILES string of the molecule is COc1ccc([N+](=O)[O-])c(/C=C2/C(=O)NC(=O)N2C)c1. The van der Waals surface area contributed by atoms with Crippen molar-refractivity contribution in [3.63, 3.8) is 0 Å². The molecule has 1 fully saturated rings. The van der Waals surface area contributed by atoms with Crippen LogP contribution in [-0.2, 0) is 4.79 Å². The molecule has 1 saturated heterocycles. The molecule has 20 heavy (non-hydrogen) atoms. The Bertz CT molecular complexity index is 638. The number of carbonyl (C=O) groups is 2. The zero-order valence-corrected chi connectivity index (χ0v) is 10.7. The molecular formula is C12H11N3O5. The third-order valence-electron chi connectivity index (χ3n) is 2.84. The Morgan fingerprint density at radius 1 is 1.40 bits per heavy atom. The molecule has 1 aromatic carbocycles. The molecular weight excluding hydrogens is 266 g/mol. The van der Waals surface area contributed by atoms with Gasteiger partial charge in [0.15, 0.2) is 0 Å². The molecule has 1 aliphatic rings. The third kappa shape index (κ3) is 2.30. The van der Waals surface area contributed by atoms with Crippen molar-refractivity contribution in [2.75, 3.05) is 14.2 Å².